The molecule has 0 amide bonds. The summed E-state index contributed by atoms with van der Waals surface area (Å²) in [5.74, 6) is -3.73. The number of carbonyl (C=O) groups is 4. The number of aliphatic hydroxyl groups excluding tert-OH is 8. The summed E-state index contributed by atoms with van der Waals surface area (Å²) < 4.78 is 89.7. The van der Waals surface area contributed by atoms with Crippen molar-refractivity contribution >= 4 is 30.0 Å². The summed E-state index contributed by atoms with van der Waals surface area (Å²) in [5.41, 5.74) is 0.639. The zero-order valence-corrected chi connectivity index (χ0v) is 58.7. The first-order valence-corrected chi connectivity index (χ1v) is 36.5. The van der Waals surface area contributed by atoms with Crippen molar-refractivity contribution in [1.29, 1.82) is 0 Å². The molecule has 1 aromatic carbocycles. The number of hydrogen-bond donors (Lipinski definition) is 8. The number of benzene rings is 1. The van der Waals surface area contributed by atoms with Gasteiger partial charge in [0.05, 0.1) is 43.0 Å². The normalized spacial score (nSPS) is 38.3. The second-order valence-corrected chi connectivity index (χ2v) is 27.5. The molecule has 6 fully saturated rings. The average molecular weight is 1400 g/mol. The van der Waals surface area contributed by atoms with E-state index >= 15 is 0 Å². The van der Waals surface area contributed by atoms with Crippen molar-refractivity contribution in [3.8, 4) is 0 Å². The van der Waals surface area contributed by atoms with Gasteiger partial charge in [-0.05, 0) is 71.4 Å². The van der Waals surface area contributed by atoms with Crippen LogP contribution in [0, 0.1) is 5.92 Å². The molecule has 98 heavy (non-hydrogen) atoms. The Balaban J connectivity index is 1.26. The summed E-state index contributed by atoms with van der Waals surface area (Å²) in [6, 6.07) is 8.83. The Hall–Kier alpha value is -3.88. The van der Waals surface area contributed by atoms with E-state index in [1.54, 1.807) is 44.2 Å². The number of fused-ring (bicyclic) bond motifs is 2. The monoisotopic (exact) mass is 1400 g/mol. The van der Waals surface area contributed by atoms with Gasteiger partial charge < -0.3 is 107 Å². The standard InChI is InChI=1S/C72H116O26/c1-9-12-14-15-16-17-20-23-31-37-50(75)93-66-65(98-68-56(81)54(79)52(77)42(5)85-68)61(96-69-63(92-51(76)39-38-46-32-27-25-28-33-46)57(82)59(43(6)86-69)94-67(84)41(4)11-3)45(8)88-72(66)95-60-44(7)87-70-64(58(60)83)91-49(74)36-30-24-21-18-19-22-29-35-47(34-26-13-10-2)89-71-62(97-70)55(80)53(78)48(40-73)90-71/h25,27-28,32-33,38-39,41-45,47-48,52-66,68-73,77-83H,9-24,26,29-31,34-37,40H2,1-8H3/b39-38+/t41-,42-,43-,44-,45-,47-,48+,52-,53+,54+,55-,56+,57+,58+,59-,60-,61-,62+,63+,64+,65+,66+,68-,69-,70-,71+,72-/m0/s1. The van der Waals surface area contributed by atoms with Crippen LogP contribution in [-0.2, 0) is 85.5 Å². The van der Waals surface area contributed by atoms with Crippen molar-refractivity contribution in [3.05, 3.63) is 42.0 Å². The fraction of sp³-hybridized carbons (Fsp3) is 0.833. The predicted octanol–water partition coefficient (Wildman–Crippen LogP) is 6.57. The molecule has 27 atom stereocenters. The van der Waals surface area contributed by atoms with Crippen LogP contribution in [-0.4, -0.2) is 231 Å². The molecule has 0 aromatic heterocycles. The van der Waals surface area contributed by atoms with Gasteiger partial charge >= 0.3 is 23.9 Å². The van der Waals surface area contributed by atoms with Gasteiger partial charge in [-0.3, -0.25) is 14.4 Å². The molecule has 26 nitrogen and oxygen atoms in total. The molecule has 6 aliphatic heterocycles. The minimum Gasteiger partial charge on any atom is -0.456 e. The second kappa shape index (κ2) is 41.4. The van der Waals surface area contributed by atoms with E-state index in [1.807, 2.05) is 0 Å². The van der Waals surface area contributed by atoms with Crippen LogP contribution in [0.2, 0.25) is 0 Å². The minimum atomic E-state index is -1.96. The summed E-state index contributed by atoms with van der Waals surface area (Å²) in [5, 5.41) is 92.5. The van der Waals surface area contributed by atoms with E-state index < -0.39 is 190 Å². The van der Waals surface area contributed by atoms with Crippen molar-refractivity contribution in [2.75, 3.05) is 6.61 Å². The zero-order valence-electron chi connectivity index (χ0n) is 58.7. The fourth-order valence-corrected chi connectivity index (χ4v) is 13.4. The third kappa shape index (κ3) is 23.3. The maximum absolute atomic E-state index is 14.6. The first kappa shape index (κ1) is 81.4. The Morgan fingerprint density at radius 3 is 1.78 bits per heavy atom. The van der Waals surface area contributed by atoms with E-state index in [4.69, 9.17) is 66.3 Å². The summed E-state index contributed by atoms with van der Waals surface area (Å²) >= 11 is 0. The summed E-state index contributed by atoms with van der Waals surface area (Å²) in [6.07, 6.45) is -19.9. The number of unbranched alkanes of at least 4 members (excludes halogenated alkanes) is 10. The molecule has 0 radical (unpaired) electrons. The topological polar surface area (TPSA) is 359 Å². The average Bonchev–Trinajstić information content (AvgIpc) is 0.767. The molecule has 6 heterocycles. The first-order chi connectivity index (χ1) is 47.1. The van der Waals surface area contributed by atoms with Gasteiger partial charge in [0.2, 0.25) is 0 Å². The molecule has 8 N–H and O–H groups in total. The molecular formula is C72H116O26. The summed E-state index contributed by atoms with van der Waals surface area (Å²) in [4.78, 5) is 55.9. The lowest BCUT2D eigenvalue weighted by Crippen LogP contribution is -2.68. The highest BCUT2D eigenvalue weighted by Crippen LogP contribution is 2.40. The molecule has 560 valence electrons. The van der Waals surface area contributed by atoms with Gasteiger partial charge in [-0.1, -0.05) is 167 Å². The maximum atomic E-state index is 14.6. The molecule has 7 rings (SSSR count). The quantitative estimate of drug-likeness (QED) is 0.0190. The maximum Gasteiger partial charge on any atom is 0.331 e. The van der Waals surface area contributed by atoms with Crippen LogP contribution in [0.3, 0.4) is 0 Å². The third-order valence-corrected chi connectivity index (χ3v) is 19.6. The van der Waals surface area contributed by atoms with Gasteiger partial charge in [0.15, 0.2) is 55.9 Å². The molecule has 0 aliphatic carbocycles. The number of ether oxygens (including phenoxy) is 14. The smallest absolute Gasteiger partial charge is 0.331 e. The number of hydrogen-bond acceptors (Lipinski definition) is 26. The van der Waals surface area contributed by atoms with Crippen LogP contribution in [0.15, 0.2) is 36.4 Å². The van der Waals surface area contributed by atoms with Crippen LogP contribution < -0.4 is 0 Å². The number of carbonyl (C=O) groups excluding carboxylic acids is 4. The number of rotatable bonds is 28. The molecule has 0 spiro atoms. The van der Waals surface area contributed by atoms with Gasteiger partial charge in [-0.15, -0.1) is 0 Å². The minimum absolute atomic E-state index is 0.0663. The highest BCUT2D eigenvalue weighted by atomic mass is 16.8. The lowest BCUT2D eigenvalue weighted by molar-refractivity contribution is -0.400. The Morgan fingerprint density at radius 2 is 1.10 bits per heavy atom. The molecular weight excluding hydrogens is 1280 g/mol. The van der Waals surface area contributed by atoms with Crippen molar-refractivity contribution in [1.82, 2.24) is 0 Å². The summed E-state index contributed by atoms with van der Waals surface area (Å²) in [7, 11) is 0. The van der Waals surface area contributed by atoms with Gasteiger partial charge in [0, 0.05) is 18.9 Å². The van der Waals surface area contributed by atoms with Gasteiger partial charge in [-0.25, -0.2) is 4.79 Å². The summed E-state index contributed by atoms with van der Waals surface area (Å²) in [6.45, 7) is 13.0. The molecule has 6 saturated heterocycles. The fourth-order valence-electron chi connectivity index (χ4n) is 13.4. The van der Waals surface area contributed by atoms with Crippen LogP contribution in [0.25, 0.3) is 6.08 Å². The van der Waals surface area contributed by atoms with Crippen LogP contribution in [0.1, 0.15) is 215 Å². The van der Waals surface area contributed by atoms with E-state index in [2.05, 4.69) is 13.8 Å². The van der Waals surface area contributed by atoms with E-state index in [9.17, 15) is 60.0 Å². The second-order valence-electron chi connectivity index (χ2n) is 27.5. The highest BCUT2D eigenvalue weighted by Gasteiger charge is 2.59. The lowest BCUT2D eigenvalue weighted by Gasteiger charge is -2.51. The van der Waals surface area contributed by atoms with Crippen molar-refractivity contribution in [2.24, 2.45) is 5.92 Å². The van der Waals surface area contributed by atoms with Gasteiger partial charge in [-0.2, -0.15) is 0 Å². The van der Waals surface area contributed by atoms with Gasteiger partial charge in [0.1, 0.15) is 73.2 Å². The Bertz CT molecular complexity index is 2510. The van der Waals surface area contributed by atoms with Gasteiger partial charge in [0.25, 0.3) is 0 Å². The lowest BCUT2D eigenvalue weighted by atomic mass is 9.95. The molecule has 0 unspecified atom stereocenters. The van der Waals surface area contributed by atoms with Crippen molar-refractivity contribution < 1.29 is 126 Å². The zero-order chi connectivity index (χ0) is 71.0. The molecule has 6 aliphatic rings. The van der Waals surface area contributed by atoms with E-state index in [0.717, 1.165) is 102 Å². The Kier molecular flexibility index (Phi) is 34.4. The van der Waals surface area contributed by atoms with Crippen LogP contribution in [0.5, 0.6) is 0 Å². The molecule has 0 saturated carbocycles. The third-order valence-electron chi connectivity index (χ3n) is 19.6. The Labute approximate surface area is 577 Å². The predicted molar refractivity (Wildman–Crippen MR) is 351 cm³/mol. The first-order valence-electron chi connectivity index (χ1n) is 36.5. The van der Waals surface area contributed by atoms with E-state index in [0.29, 0.717) is 50.5 Å². The Morgan fingerprint density at radius 1 is 0.520 bits per heavy atom. The number of esters is 4. The molecule has 1 aromatic rings. The largest absolute Gasteiger partial charge is 0.456 e. The van der Waals surface area contributed by atoms with Crippen LogP contribution >= 0.6 is 0 Å². The molecule has 0 bridgehead atoms. The van der Waals surface area contributed by atoms with Crippen molar-refractivity contribution in [3.63, 3.8) is 0 Å². The number of aliphatic hydroxyl groups is 8. The highest BCUT2D eigenvalue weighted by molar-refractivity contribution is 5.87. The molecule has 26 heteroatoms. The van der Waals surface area contributed by atoms with E-state index in [1.165, 1.54) is 33.8 Å². The van der Waals surface area contributed by atoms with E-state index in [-0.39, 0.29) is 18.9 Å². The van der Waals surface area contributed by atoms with Crippen LogP contribution in [0.4, 0.5) is 0 Å². The van der Waals surface area contributed by atoms with Crippen molar-refractivity contribution in [2.45, 2.75) is 369 Å². The SMILES string of the molecule is CCCCCCCCCCCC(=O)O[C@H]1[C@H](O[C@@H]2[C@@H](O)[C@H]3OC(=O)CCCCCCCCC[C@H](CCCCC)O[C@@H]4O[C@H](CO)[C@@H](O)[C@H](O)[C@H]4O[C@@H]3O[C@H]2C)O[C@@H](C)[C@H](O[C@@H]2O[C@@H](C)[C@H](OC(=O)[C@@H](C)CC)[C@@H](O)[C@H]2OC(=O)/C=C/c2ccccc2)[C@H]1O[C@@H]1O[C@@H](C)[C@H](O)[C@@H](O)[C@H]1O.